The number of amides is 1. The van der Waals surface area contributed by atoms with Crippen LogP contribution in [0.1, 0.15) is 18.4 Å². The molecule has 0 spiro atoms. The van der Waals surface area contributed by atoms with Crippen molar-refractivity contribution in [3.63, 3.8) is 0 Å². The van der Waals surface area contributed by atoms with Gasteiger partial charge < -0.3 is 10.6 Å². The number of nitriles is 2. The summed E-state index contributed by atoms with van der Waals surface area (Å²) >= 11 is 0. The summed E-state index contributed by atoms with van der Waals surface area (Å²) in [6, 6.07) is 7.70. The van der Waals surface area contributed by atoms with Crippen LogP contribution in [0, 0.1) is 33.9 Å². The Balaban J connectivity index is 2.28. The Hall–Kier alpha value is -3.45. The quantitative estimate of drug-likeness (QED) is 0.888. The van der Waals surface area contributed by atoms with Crippen molar-refractivity contribution in [1.29, 1.82) is 10.5 Å². The maximum atomic E-state index is 14.5. The van der Waals surface area contributed by atoms with Crippen LogP contribution in [0.4, 0.5) is 4.39 Å². The number of halogens is 1. The highest BCUT2D eigenvalue weighted by atomic mass is 19.1. The van der Waals surface area contributed by atoms with Crippen LogP contribution in [0.5, 0.6) is 0 Å². The normalized spacial score (nSPS) is 25.6. The fourth-order valence-corrected chi connectivity index (χ4v) is 3.78. The number of hydrogen-bond acceptors (Lipinski definition) is 5. The summed E-state index contributed by atoms with van der Waals surface area (Å²) in [6.07, 6.45) is 4.46. The third-order valence-corrected chi connectivity index (χ3v) is 4.97. The second kappa shape index (κ2) is 6.12. The van der Waals surface area contributed by atoms with E-state index < -0.39 is 35.1 Å². The lowest BCUT2D eigenvalue weighted by Gasteiger charge is -2.30. The number of rotatable bonds is 3. The minimum atomic E-state index is -1.74. The van der Waals surface area contributed by atoms with E-state index in [-0.39, 0.29) is 11.3 Å². The molecule has 0 aromatic heterocycles. The standard InChI is InChI=1S/C19H15FN4O2/c1-11(25)12-6-7-15-19(9-21,10-22)16(13-4-2-3-5-14(13)20)17(18(23)26)24(15)8-12/h2-8,15-17H,1H3,(H2,23,26)/t15-,16-,17+/m0/s1. The molecule has 2 aliphatic rings. The van der Waals surface area contributed by atoms with E-state index in [0.717, 1.165) is 0 Å². The summed E-state index contributed by atoms with van der Waals surface area (Å²) < 4.78 is 14.5. The Morgan fingerprint density at radius 3 is 2.46 bits per heavy atom. The van der Waals surface area contributed by atoms with Gasteiger partial charge in [0.2, 0.25) is 5.91 Å². The van der Waals surface area contributed by atoms with Crippen molar-refractivity contribution in [2.24, 2.45) is 11.1 Å². The highest BCUT2D eigenvalue weighted by Crippen LogP contribution is 2.53. The molecule has 2 N–H and O–H groups in total. The minimum absolute atomic E-state index is 0.0694. The lowest BCUT2D eigenvalue weighted by atomic mass is 9.69. The van der Waals surface area contributed by atoms with Crippen molar-refractivity contribution in [3.8, 4) is 12.1 Å². The summed E-state index contributed by atoms with van der Waals surface area (Å²) in [4.78, 5) is 25.4. The SMILES string of the molecule is CC(=O)C1=CN2[C@@H](C=C1)C(C#N)(C#N)[C@@H](c1ccccc1F)[C@@H]2C(N)=O. The Kier molecular flexibility index (Phi) is 4.09. The number of fused-ring (bicyclic) bond motifs is 1. The molecule has 0 unspecified atom stereocenters. The number of carbonyl (C=O) groups excluding carboxylic acids is 2. The van der Waals surface area contributed by atoms with Crippen molar-refractivity contribution in [1.82, 2.24) is 4.90 Å². The van der Waals surface area contributed by atoms with Gasteiger partial charge in [-0.2, -0.15) is 10.5 Å². The zero-order valence-electron chi connectivity index (χ0n) is 13.9. The number of nitrogens with zero attached hydrogens (tertiary/aromatic N) is 3. The Bertz CT molecular complexity index is 924. The molecule has 1 amide bonds. The van der Waals surface area contributed by atoms with E-state index in [2.05, 4.69) is 0 Å². The molecule has 130 valence electrons. The van der Waals surface area contributed by atoms with E-state index in [1.165, 1.54) is 48.4 Å². The number of benzene rings is 1. The van der Waals surface area contributed by atoms with Gasteiger partial charge in [-0.1, -0.05) is 30.4 Å². The third kappa shape index (κ3) is 2.29. The van der Waals surface area contributed by atoms with Crippen LogP contribution < -0.4 is 5.73 Å². The van der Waals surface area contributed by atoms with Gasteiger partial charge in [-0.05, 0) is 18.6 Å². The van der Waals surface area contributed by atoms with Gasteiger partial charge in [0.15, 0.2) is 11.2 Å². The molecule has 2 heterocycles. The van der Waals surface area contributed by atoms with Gasteiger partial charge in [0.25, 0.3) is 0 Å². The summed E-state index contributed by atoms with van der Waals surface area (Å²) in [7, 11) is 0. The van der Waals surface area contributed by atoms with Crippen molar-refractivity contribution >= 4 is 11.7 Å². The monoisotopic (exact) mass is 350 g/mol. The molecular weight excluding hydrogens is 335 g/mol. The van der Waals surface area contributed by atoms with Crippen LogP contribution in [-0.2, 0) is 9.59 Å². The van der Waals surface area contributed by atoms with Crippen molar-refractivity contribution in [2.45, 2.75) is 24.9 Å². The van der Waals surface area contributed by atoms with E-state index >= 15 is 0 Å². The summed E-state index contributed by atoms with van der Waals surface area (Å²) in [6.45, 7) is 1.36. The third-order valence-electron chi connectivity index (χ3n) is 4.97. The molecule has 26 heavy (non-hydrogen) atoms. The van der Waals surface area contributed by atoms with E-state index in [1.54, 1.807) is 6.07 Å². The number of carbonyl (C=O) groups is 2. The zero-order valence-corrected chi connectivity index (χ0v) is 13.9. The first kappa shape index (κ1) is 17.4. The average molecular weight is 350 g/mol. The van der Waals surface area contributed by atoms with Gasteiger partial charge in [-0.3, -0.25) is 9.59 Å². The Morgan fingerprint density at radius 1 is 1.27 bits per heavy atom. The molecule has 3 atom stereocenters. The minimum Gasteiger partial charge on any atom is -0.368 e. The molecule has 0 bridgehead atoms. The number of nitrogens with two attached hydrogens (primary N) is 1. The number of hydrogen-bond donors (Lipinski definition) is 1. The zero-order chi connectivity index (χ0) is 19.1. The predicted octanol–water partition coefficient (Wildman–Crippen LogP) is 1.52. The molecule has 1 fully saturated rings. The first-order valence-electron chi connectivity index (χ1n) is 7.92. The second-order valence-corrected chi connectivity index (χ2v) is 6.33. The van der Waals surface area contributed by atoms with Gasteiger partial charge in [0.1, 0.15) is 11.9 Å². The molecule has 3 rings (SSSR count). The Morgan fingerprint density at radius 2 is 1.92 bits per heavy atom. The fraction of sp³-hybridized carbons (Fsp3) is 0.263. The highest BCUT2D eigenvalue weighted by Gasteiger charge is 2.62. The van der Waals surface area contributed by atoms with Crippen LogP contribution in [0.25, 0.3) is 0 Å². The van der Waals surface area contributed by atoms with E-state index in [0.29, 0.717) is 5.57 Å². The Labute approximate surface area is 149 Å². The smallest absolute Gasteiger partial charge is 0.240 e. The number of ketones is 1. The summed E-state index contributed by atoms with van der Waals surface area (Å²) in [5, 5.41) is 19.7. The maximum absolute atomic E-state index is 14.5. The number of allylic oxidation sites excluding steroid dienone is 2. The molecule has 1 aromatic rings. The fourth-order valence-electron chi connectivity index (χ4n) is 3.78. The van der Waals surface area contributed by atoms with E-state index in [1.807, 2.05) is 12.1 Å². The van der Waals surface area contributed by atoms with Crippen LogP contribution in [0.2, 0.25) is 0 Å². The highest BCUT2D eigenvalue weighted by molar-refractivity contribution is 5.96. The molecule has 1 saturated heterocycles. The van der Waals surface area contributed by atoms with Crippen molar-refractivity contribution in [3.05, 3.63) is 59.6 Å². The molecule has 2 aliphatic heterocycles. The van der Waals surface area contributed by atoms with Gasteiger partial charge in [-0.25, -0.2) is 4.39 Å². The molecular formula is C19H15FN4O2. The van der Waals surface area contributed by atoms with Crippen LogP contribution in [0.15, 0.2) is 48.2 Å². The molecule has 0 saturated carbocycles. The second-order valence-electron chi connectivity index (χ2n) is 6.33. The number of primary amides is 1. The van der Waals surface area contributed by atoms with Crippen molar-refractivity contribution in [2.75, 3.05) is 0 Å². The lowest BCUT2D eigenvalue weighted by Crippen LogP contribution is -2.43. The van der Waals surface area contributed by atoms with E-state index in [9.17, 15) is 24.5 Å². The summed E-state index contributed by atoms with van der Waals surface area (Å²) in [5.41, 5.74) is 4.22. The maximum Gasteiger partial charge on any atom is 0.240 e. The average Bonchev–Trinajstić information content (AvgIpc) is 2.92. The lowest BCUT2D eigenvalue weighted by molar-refractivity contribution is -0.122. The van der Waals surface area contributed by atoms with Gasteiger partial charge in [0, 0.05) is 11.8 Å². The number of Topliss-reactive ketones (excluding diaryl/α,β-unsaturated/α-hetero) is 1. The first-order chi connectivity index (χ1) is 12.4. The molecule has 1 aromatic carbocycles. The van der Waals surface area contributed by atoms with Gasteiger partial charge in [0.05, 0.1) is 24.1 Å². The summed E-state index contributed by atoms with van der Waals surface area (Å²) in [5.74, 6) is -2.77. The molecule has 6 nitrogen and oxygen atoms in total. The topological polar surface area (TPSA) is 111 Å². The molecule has 0 aliphatic carbocycles. The van der Waals surface area contributed by atoms with Crippen LogP contribution in [-0.4, -0.2) is 28.7 Å². The van der Waals surface area contributed by atoms with E-state index in [4.69, 9.17) is 5.73 Å². The van der Waals surface area contributed by atoms with Gasteiger partial charge in [-0.15, -0.1) is 0 Å². The molecule has 0 radical (unpaired) electrons. The van der Waals surface area contributed by atoms with Crippen LogP contribution in [0.3, 0.4) is 0 Å². The largest absolute Gasteiger partial charge is 0.368 e. The van der Waals surface area contributed by atoms with Gasteiger partial charge >= 0.3 is 0 Å². The van der Waals surface area contributed by atoms with Crippen LogP contribution >= 0.6 is 0 Å². The predicted molar refractivity (Wildman–Crippen MR) is 89.3 cm³/mol. The first-order valence-corrected chi connectivity index (χ1v) is 7.92. The van der Waals surface area contributed by atoms with Crippen molar-refractivity contribution < 1.29 is 14.0 Å². The molecule has 7 heteroatoms.